The van der Waals surface area contributed by atoms with Crippen molar-refractivity contribution in [3.63, 3.8) is 0 Å². The summed E-state index contributed by atoms with van der Waals surface area (Å²) < 4.78 is 1.25. The lowest BCUT2D eigenvalue weighted by atomic mass is 10.1. The molecule has 1 fully saturated rings. The number of likely N-dealkylation sites (tertiary alicyclic amines) is 1. The van der Waals surface area contributed by atoms with Gasteiger partial charge in [0.2, 0.25) is 0 Å². The van der Waals surface area contributed by atoms with E-state index in [1.54, 1.807) is 0 Å². The van der Waals surface area contributed by atoms with Gasteiger partial charge in [-0.25, -0.2) is 0 Å². The van der Waals surface area contributed by atoms with E-state index in [1.165, 1.54) is 36.8 Å². The van der Waals surface area contributed by atoms with Gasteiger partial charge in [0.1, 0.15) is 0 Å². The van der Waals surface area contributed by atoms with Gasteiger partial charge in [-0.15, -0.1) is 0 Å². The molecule has 0 radical (unpaired) electrons. The molecule has 0 aromatic rings. The van der Waals surface area contributed by atoms with Crippen molar-refractivity contribution in [2.45, 2.75) is 19.3 Å². The van der Waals surface area contributed by atoms with Crippen LogP contribution in [0.4, 0.5) is 0 Å². The number of hydrogen-bond acceptors (Lipinski definition) is 3. The van der Waals surface area contributed by atoms with Crippen LogP contribution in [0.25, 0.3) is 0 Å². The monoisotopic (exact) mass is 176 g/mol. The first kappa shape index (κ1) is 11.2. The fraction of sp³-hybridized carbons (Fsp3) is 1.00. The van der Waals surface area contributed by atoms with Crippen LogP contribution >= 0.6 is 0 Å². The Balaban J connectivity index is 0.000000261. The maximum absolute atomic E-state index is 8.25. The van der Waals surface area contributed by atoms with Crippen molar-refractivity contribution < 1.29 is 9.57 Å². The molecule has 72 valence electrons. The average molecular weight is 176 g/mol. The molecule has 1 saturated heterocycles. The molecule has 0 aromatic heterocycles. The third-order valence-corrected chi connectivity index (χ3v) is 2.03. The SMILES string of the molecule is C[N+]1(C)CCCCC1.O=[N+]([O-])[O-]. The summed E-state index contributed by atoms with van der Waals surface area (Å²) in [5.41, 5.74) is 0. The fourth-order valence-electron chi connectivity index (χ4n) is 1.37. The molecule has 0 spiro atoms. The third-order valence-electron chi connectivity index (χ3n) is 2.03. The molecule has 1 rings (SSSR count). The summed E-state index contributed by atoms with van der Waals surface area (Å²) in [7, 11) is 4.64. The second kappa shape index (κ2) is 4.92. The average Bonchev–Trinajstić information content (AvgIpc) is 1.85. The lowest BCUT2D eigenvalue weighted by Crippen LogP contribution is -2.43. The minimum absolute atomic E-state index is 1.25. The Morgan fingerprint density at radius 2 is 1.42 bits per heavy atom. The van der Waals surface area contributed by atoms with Crippen molar-refractivity contribution in [1.82, 2.24) is 0 Å². The highest BCUT2D eigenvalue weighted by Crippen LogP contribution is 2.12. The van der Waals surface area contributed by atoms with E-state index in [0.717, 1.165) is 0 Å². The normalized spacial score (nSPS) is 20.5. The van der Waals surface area contributed by atoms with Crippen molar-refractivity contribution in [2.24, 2.45) is 0 Å². The smallest absolute Gasteiger partial charge is 0.0782 e. The van der Waals surface area contributed by atoms with Crippen LogP contribution in [0.1, 0.15) is 19.3 Å². The van der Waals surface area contributed by atoms with E-state index >= 15 is 0 Å². The maximum atomic E-state index is 8.25. The van der Waals surface area contributed by atoms with Crippen LogP contribution in [0.15, 0.2) is 0 Å². The van der Waals surface area contributed by atoms with Crippen molar-refractivity contribution in [2.75, 3.05) is 27.2 Å². The Hall–Kier alpha value is -0.840. The number of rotatable bonds is 0. The molecular weight excluding hydrogens is 160 g/mol. The lowest BCUT2D eigenvalue weighted by Gasteiger charge is -2.33. The van der Waals surface area contributed by atoms with Gasteiger partial charge < -0.3 is 19.8 Å². The third kappa shape index (κ3) is 7.27. The number of nitrogens with zero attached hydrogens (tertiary/aromatic N) is 2. The fourth-order valence-corrected chi connectivity index (χ4v) is 1.37. The van der Waals surface area contributed by atoms with Gasteiger partial charge in [-0.3, -0.25) is 0 Å². The minimum Gasteiger partial charge on any atom is -0.356 e. The Bertz CT molecular complexity index is 136. The molecule has 12 heavy (non-hydrogen) atoms. The molecule has 0 N–H and O–H groups in total. The van der Waals surface area contributed by atoms with Crippen LogP contribution in [0.3, 0.4) is 0 Å². The van der Waals surface area contributed by atoms with Gasteiger partial charge in [-0.05, 0) is 19.3 Å². The van der Waals surface area contributed by atoms with Gasteiger partial charge in [0.15, 0.2) is 0 Å². The first-order valence-electron chi connectivity index (χ1n) is 4.07. The van der Waals surface area contributed by atoms with Crippen LogP contribution in [0.2, 0.25) is 0 Å². The van der Waals surface area contributed by atoms with Crippen molar-refractivity contribution in [1.29, 1.82) is 0 Å². The lowest BCUT2D eigenvalue weighted by molar-refractivity contribution is -0.894. The van der Waals surface area contributed by atoms with E-state index in [0.29, 0.717) is 0 Å². The van der Waals surface area contributed by atoms with Crippen molar-refractivity contribution >= 4 is 0 Å². The van der Waals surface area contributed by atoms with Crippen LogP contribution in [0, 0.1) is 15.3 Å². The highest BCUT2D eigenvalue weighted by atomic mass is 16.9. The first-order valence-corrected chi connectivity index (χ1v) is 4.07. The molecule has 1 aliphatic rings. The van der Waals surface area contributed by atoms with Crippen LogP contribution in [0.5, 0.6) is 0 Å². The standard InChI is InChI=1S/C7H16N.NO3/c1-8(2)6-4-3-5-7-8;2-1(3)4/h3-7H2,1-2H3;/q+1;-1. The summed E-state index contributed by atoms with van der Waals surface area (Å²) in [5.74, 6) is 0. The summed E-state index contributed by atoms with van der Waals surface area (Å²) in [6.45, 7) is 2.78. The molecule has 0 amide bonds. The van der Waals surface area contributed by atoms with Gasteiger partial charge in [0.25, 0.3) is 0 Å². The van der Waals surface area contributed by atoms with Crippen molar-refractivity contribution in [3.05, 3.63) is 15.3 Å². The zero-order valence-corrected chi connectivity index (χ0v) is 7.65. The molecule has 0 unspecified atom stereocenters. The van der Waals surface area contributed by atoms with Gasteiger partial charge in [0, 0.05) is 0 Å². The number of hydrogen-bond donors (Lipinski definition) is 0. The Morgan fingerprint density at radius 1 is 1.08 bits per heavy atom. The molecule has 0 atom stereocenters. The van der Waals surface area contributed by atoms with E-state index < -0.39 is 5.09 Å². The second-order valence-electron chi connectivity index (χ2n) is 3.67. The second-order valence-corrected chi connectivity index (χ2v) is 3.67. The number of piperidine rings is 1. The Kier molecular flexibility index (Phi) is 4.58. The summed E-state index contributed by atoms with van der Waals surface area (Å²) in [6, 6.07) is 0. The highest BCUT2D eigenvalue weighted by molar-refractivity contribution is 4.47. The topological polar surface area (TPSA) is 66.2 Å². The Morgan fingerprint density at radius 3 is 1.58 bits per heavy atom. The largest absolute Gasteiger partial charge is 0.356 e. The van der Waals surface area contributed by atoms with E-state index in [-0.39, 0.29) is 0 Å². The maximum Gasteiger partial charge on any atom is 0.0782 e. The quantitative estimate of drug-likeness (QED) is 0.314. The summed E-state index contributed by atoms with van der Waals surface area (Å²) >= 11 is 0. The number of quaternary nitrogens is 1. The predicted octanol–water partition coefficient (Wildman–Crippen LogP) is 1.01. The molecular formula is C7H16N2O3. The molecule has 5 nitrogen and oxygen atoms in total. The van der Waals surface area contributed by atoms with Crippen LogP contribution in [-0.2, 0) is 0 Å². The predicted molar refractivity (Wildman–Crippen MR) is 46.1 cm³/mol. The molecule has 1 aliphatic heterocycles. The van der Waals surface area contributed by atoms with E-state index in [1.807, 2.05) is 0 Å². The summed E-state index contributed by atoms with van der Waals surface area (Å²) in [4.78, 5) is 8.25. The molecule has 0 saturated carbocycles. The minimum atomic E-state index is -1.75. The van der Waals surface area contributed by atoms with E-state index in [2.05, 4.69) is 14.1 Å². The van der Waals surface area contributed by atoms with Gasteiger partial charge in [-0.1, -0.05) is 0 Å². The zero-order valence-electron chi connectivity index (χ0n) is 7.65. The van der Waals surface area contributed by atoms with Gasteiger partial charge in [0.05, 0.1) is 32.3 Å². The zero-order chi connectivity index (χ0) is 9.61. The summed E-state index contributed by atoms with van der Waals surface area (Å²) in [5, 5.41) is 14.8. The Labute approximate surface area is 72.3 Å². The van der Waals surface area contributed by atoms with Crippen LogP contribution < -0.4 is 0 Å². The molecule has 5 heteroatoms. The molecule has 1 heterocycles. The van der Waals surface area contributed by atoms with Crippen LogP contribution in [-0.4, -0.2) is 36.8 Å². The molecule has 0 aromatic carbocycles. The highest BCUT2D eigenvalue weighted by Gasteiger charge is 2.17. The van der Waals surface area contributed by atoms with Gasteiger partial charge >= 0.3 is 0 Å². The summed E-state index contributed by atoms with van der Waals surface area (Å²) in [6.07, 6.45) is 4.34. The first-order chi connectivity index (χ1) is 5.44. The van der Waals surface area contributed by atoms with E-state index in [9.17, 15) is 0 Å². The molecule has 0 bridgehead atoms. The van der Waals surface area contributed by atoms with Gasteiger partial charge in [-0.2, -0.15) is 0 Å². The van der Waals surface area contributed by atoms with Crippen molar-refractivity contribution in [3.8, 4) is 0 Å². The van der Waals surface area contributed by atoms with E-state index in [4.69, 9.17) is 15.3 Å². The molecule has 0 aliphatic carbocycles.